The Morgan fingerprint density at radius 3 is 2.85 bits per heavy atom. The van der Waals surface area contributed by atoms with Crippen LogP contribution < -0.4 is 5.32 Å². The van der Waals surface area contributed by atoms with Crippen LogP contribution in [-0.2, 0) is 0 Å². The predicted molar refractivity (Wildman–Crippen MR) is 76.2 cm³/mol. The maximum absolute atomic E-state index is 14.1. The normalized spacial score (nSPS) is 22.0. The maximum Gasteiger partial charge on any atom is 0.257 e. The van der Waals surface area contributed by atoms with Crippen molar-refractivity contribution in [3.8, 4) is 0 Å². The van der Waals surface area contributed by atoms with E-state index in [1.165, 1.54) is 0 Å². The highest BCUT2D eigenvalue weighted by Crippen LogP contribution is 2.30. The number of nitrogens with zero attached hydrogens (tertiary/aromatic N) is 1. The van der Waals surface area contributed by atoms with Crippen LogP contribution in [0.5, 0.6) is 0 Å². The fraction of sp³-hybridized carbons (Fsp3) is 0.562. The van der Waals surface area contributed by atoms with Crippen LogP contribution in [0.3, 0.4) is 0 Å². The van der Waals surface area contributed by atoms with Crippen molar-refractivity contribution in [3.63, 3.8) is 0 Å². The van der Waals surface area contributed by atoms with Crippen LogP contribution in [0.4, 0.5) is 4.39 Å². The van der Waals surface area contributed by atoms with Crippen molar-refractivity contribution in [1.82, 2.24) is 10.2 Å². The highest BCUT2D eigenvalue weighted by Gasteiger charge is 2.35. The summed E-state index contributed by atoms with van der Waals surface area (Å²) in [6, 6.07) is 5.73. The smallest absolute Gasteiger partial charge is 0.257 e. The molecule has 0 spiro atoms. The van der Waals surface area contributed by atoms with Crippen LogP contribution >= 0.6 is 0 Å². The van der Waals surface area contributed by atoms with E-state index < -0.39 is 0 Å². The lowest BCUT2D eigenvalue weighted by Crippen LogP contribution is -2.42. The molecule has 4 heteroatoms. The molecular weight excluding hydrogens is 255 g/mol. The minimum absolute atomic E-state index is 0.151. The number of hydrogen-bond acceptors (Lipinski definition) is 2. The molecule has 2 aliphatic rings. The molecule has 1 saturated heterocycles. The van der Waals surface area contributed by atoms with Gasteiger partial charge in [-0.25, -0.2) is 4.39 Å². The van der Waals surface area contributed by atoms with Gasteiger partial charge in [0.15, 0.2) is 0 Å². The Labute approximate surface area is 119 Å². The van der Waals surface area contributed by atoms with Crippen molar-refractivity contribution in [2.45, 2.75) is 44.7 Å². The molecule has 3 nitrogen and oxygen atoms in total. The molecule has 0 aromatic heterocycles. The minimum Gasteiger partial charge on any atom is -0.334 e. The van der Waals surface area contributed by atoms with E-state index in [2.05, 4.69) is 5.32 Å². The molecule has 108 valence electrons. The first-order valence-corrected chi connectivity index (χ1v) is 7.46. The highest BCUT2D eigenvalue weighted by atomic mass is 19.1. The second kappa shape index (κ2) is 5.52. The highest BCUT2D eigenvalue weighted by molar-refractivity contribution is 5.95. The van der Waals surface area contributed by atoms with Crippen LogP contribution in [-0.4, -0.2) is 36.0 Å². The van der Waals surface area contributed by atoms with E-state index in [1.807, 2.05) is 4.90 Å². The van der Waals surface area contributed by atoms with E-state index in [0.29, 0.717) is 24.2 Å². The zero-order valence-corrected chi connectivity index (χ0v) is 11.9. The molecule has 1 aromatic carbocycles. The minimum atomic E-state index is -0.373. The molecule has 1 N–H and O–H groups in total. The summed E-state index contributed by atoms with van der Waals surface area (Å²) in [6.45, 7) is 3.43. The van der Waals surface area contributed by atoms with Gasteiger partial charge < -0.3 is 10.2 Å². The molecule has 2 fully saturated rings. The second-order valence-electron chi connectivity index (χ2n) is 5.92. The number of benzene rings is 1. The number of carbonyl (C=O) groups excluding carboxylic acids is 1. The summed E-state index contributed by atoms with van der Waals surface area (Å²) >= 11 is 0. The third-order valence-electron chi connectivity index (χ3n) is 4.25. The van der Waals surface area contributed by atoms with Crippen molar-refractivity contribution < 1.29 is 9.18 Å². The summed E-state index contributed by atoms with van der Waals surface area (Å²) in [7, 11) is 0. The number of carbonyl (C=O) groups is 1. The first kappa shape index (κ1) is 13.6. The molecule has 1 aromatic rings. The molecule has 1 saturated carbocycles. The Morgan fingerprint density at radius 1 is 1.40 bits per heavy atom. The predicted octanol–water partition coefficient (Wildman–Crippen LogP) is 2.49. The Hall–Kier alpha value is -1.42. The molecule has 20 heavy (non-hydrogen) atoms. The summed E-state index contributed by atoms with van der Waals surface area (Å²) in [5.74, 6) is -0.523. The van der Waals surface area contributed by atoms with Crippen molar-refractivity contribution in [1.29, 1.82) is 0 Å². The average molecular weight is 276 g/mol. The van der Waals surface area contributed by atoms with Crippen LogP contribution in [0.25, 0.3) is 0 Å². The van der Waals surface area contributed by atoms with Crippen LogP contribution in [0.1, 0.15) is 41.6 Å². The van der Waals surface area contributed by atoms with E-state index in [9.17, 15) is 9.18 Å². The fourth-order valence-corrected chi connectivity index (χ4v) is 2.90. The first-order chi connectivity index (χ1) is 9.66. The van der Waals surface area contributed by atoms with Gasteiger partial charge in [0, 0.05) is 18.6 Å². The van der Waals surface area contributed by atoms with Crippen LogP contribution in [0.2, 0.25) is 0 Å². The van der Waals surface area contributed by atoms with Gasteiger partial charge in [-0.15, -0.1) is 0 Å². The third kappa shape index (κ3) is 2.70. The monoisotopic (exact) mass is 276 g/mol. The lowest BCUT2D eigenvalue weighted by molar-refractivity contribution is 0.0723. The molecule has 1 heterocycles. The molecule has 1 atom stereocenters. The van der Waals surface area contributed by atoms with Crippen molar-refractivity contribution in [3.05, 3.63) is 35.1 Å². The molecule has 0 radical (unpaired) electrons. The number of halogens is 1. The van der Waals surface area contributed by atoms with Crippen LogP contribution in [0.15, 0.2) is 18.2 Å². The van der Waals surface area contributed by atoms with E-state index in [0.717, 1.165) is 32.2 Å². The number of aryl methyl sites for hydroxylation is 1. The number of rotatable bonds is 4. The lowest BCUT2D eigenvalue weighted by Gasteiger charge is -2.26. The molecule has 3 rings (SSSR count). The standard InChI is InChI=1S/C16H21FN2O/c1-11-4-2-6-14(15(11)17)16(20)19(13-7-8-13)10-12-5-3-9-18-12/h2,4,6,12-13,18H,3,5,7-10H2,1H3. The summed E-state index contributed by atoms with van der Waals surface area (Å²) in [5.41, 5.74) is 0.750. The number of amides is 1. The number of nitrogens with one attached hydrogen (secondary N) is 1. The van der Waals surface area contributed by atoms with Crippen molar-refractivity contribution >= 4 is 5.91 Å². The summed E-state index contributed by atoms with van der Waals surface area (Å²) in [6.07, 6.45) is 4.36. The largest absolute Gasteiger partial charge is 0.334 e. The van der Waals surface area contributed by atoms with Gasteiger partial charge in [0.25, 0.3) is 5.91 Å². The van der Waals surface area contributed by atoms with E-state index >= 15 is 0 Å². The van der Waals surface area contributed by atoms with Gasteiger partial charge in [-0.05, 0) is 50.8 Å². The molecule has 1 unspecified atom stereocenters. The fourth-order valence-electron chi connectivity index (χ4n) is 2.90. The van der Waals surface area contributed by atoms with E-state index in [-0.39, 0.29) is 17.3 Å². The van der Waals surface area contributed by atoms with Gasteiger partial charge in [0.05, 0.1) is 5.56 Å². The van der Waals surface area contributed by atoms with Gasteiger partial charge in [-0.1, -0.05) is 12.1 Å². The molecule has 1 aliphatic carbocycles. The summed E-state index contributed by atoms with van der Waals surface area (Å²) in [4.78, 5) is 14.5. The second-order valence-corrected chi connectivity index (χ2v) is 5.92. The molecule has 1 amide bonds. The zero-order valence-electron chi connectivity index (χ0n) is 11.9. The lowest BCUT2D eigenvalue weighted by atomic mass is 10.1. The van der Waals surface area contributed by atoms with Gasteiger partial charge >= 0.3 is 0 Å². The van der Waals surface area contributed by atoms with Gasteiger partial charge in [-0.2, -0.15) is 0 Å². The maximum atomic E-state index is 14.1. The number of hydrogen-bond donors (Lipinski definition) is 1. The van der Waals surface area contributed by atoms with Gasteiger partial charge in [0.2, 0.25) is 0 Å². The Bertz CT molecular complexity index is 507. The molecule has 0 bridgehead atoms. The quantitative estimate of drug-likeness (QED) is 0.916. The SMILES string of the molecule is Cc1cccc(C(=O)N(CC2CCCN2)C2CC2)c1F. The van der Waals surface area contributed by atoms with Crippen LogP contribution in [0, 0.1) is 12.7 Å². The Morgan fingerprint density at radius 2 is 2.20 bits per heavy atom. The van der Waals surface area contributed by atoms with Crippen molar-refractivity contribution in [2.75, 3.05) is 13.1 Å². The molecule has 1 aliphatic heterocycles. The zero-order chi connectivity index (χ0) is 14.1. The topological polar surface area (TPSA) is 32.3 Å². The summed E-state index contributed by atoms with van der Waals surface area (Å²) < 4.78 is 14.1. The Kier molecular flexibility index (Phi) is 3.74. The third-order valence-corrected chi connectivity index (χ3v) is 4.25. The van der Waals surface area contributed by atoms with E-state index in [4.69, 9.17) is 0 Å². The first-order valence-electron chi connectivity index (χ1n) is 7.46. The summed E-state index contributed by atoms with van der Waals surface area (Å²) in [5, 5.41) is 3.41. The molecular formula is C16H21FN2O. The van der Waals surface area contributed by atoms with Gasteiger partial charge in [0.1, 0.15) is 5.82 Å². The Balaban J connectivity index is 1.79. The van der Waals surface area contributed by atoms with Gasteiger partial charge in [-0.3, -0.25) is 4.79 Å². The average Bonchev–Trinajstić information content (AvgIpc) is 3.15. The van der Waals surface area contributed by atoms with E-state index in [1.54, 1.807) is 25.1 Å². The van der Waals surface area contributed by atoms with Crippen molar-refractivity contribution in [2.24, 2.45) is 0 Å².